The Bertz CT molecular complexity index is 912. The molecule has 1 atom stereocenters. The van der Waals surface area contributed by atoms with E-state index >= 15 is 0 Å². The maximum Gasteiger partial charge on any atom is 0.263 e. The van der Waals surface area contributed by atoms with Crippen LogP contribution in [0.3, 0.4) is 0 Å². The Hall–Kier alpha value is -2.03. The van der Waals surface area contributed by atoms with Crippen LogP contribution >= 0.6 is 11.3 Å². The van der Waals surface area contributed by atoms with Gasteiger partial charge in [-0.25, -0.2) is 4.98 Å². The number of pyridine rings is 1. The van der Waals surface area contributed by atoms with Crippen LogP contribution in [0.1, 0.15) is 39.6 Å². The van der Waals surface area contributed by atoms with E-state index in [0.717, 1.165) is 42.4 Å². The van der Waals surface area contributed by atoms with E-state index in [1.54, 1.807) is 22.1 Å². The number of rotatable bonds is 6. The number of piperazine rings is 1. The zero-order valence-electron chi connectivity index (χ0n) is 18.0. The van der Waals surface area contributed by atoms with Gasteiger partial charge >= 0.3 is 0 Å². The zero-order valence-corrected chi connectivity index (χ0v) is 18.8. The lowest BCUT2D eigenvalue weighted by Crippen LogP contribution is -2.49. The van der Waals surface area contributed by atoms with Crippen LogP contribution in [0.2, 0.25) is 0 Å². The van der Waals surface area contributed by atoms with Crippen molar-refractivity contribution < 1.29 is 4.79 Å². The third-order valence-corrected chi connectivity index (χ3v) is 6.18. The van der Waals surface area contributed by atoms with Crippen LogP contribution < -0.4 is 5.56 Å². The molecular formula is C21H31N5O2S. The molecule has 0 aromatic carbocycles. The molecule has 7 nitrogen and oxygen atoms in total. The maximum atomic E-state index is 13.2. The minimum absolute atomic E-state index is 0.00284. The fourth-order valence-corrected chi connectivity index (χ4v) is 4.45. The molecule has 3 heterocycles. The molecule has 2 aromatic rings. The molecule has 0 spiro atoms. The summed E-state index contributed by atoms with van der Waals surface area (Å²) in [4.78, 5) is 37.0. The zero-order chi connectivity index (χ0) is 21.1. The van der Waals surface area contributed by atoms with Gasteiger partial charge in [-0.3, -0.25) is 14.5 Å². The second-order valence-electron chi connectivity index (χ2n) is 8.12. The van der Waals surface area contributed by atoms with E-state index in [4.69, 9.17) is 0 Å². The number of nitrogens with zero attached hydrogens (tertiary/aromatic N) is 5. The lowest BCUT2D eigenvalue weighted by Gasteiger charge is -2.34. The Labute approximate surface area is 176 Å². The van der Waals surface area contributed by atoms with Gasteiger partial charge in [0.2, 0.25) is 0 Å². The number of likely N-dealkylation sites (N-methyl/N-ethyl adjacent to an activating group) is 1. The molecule has 1 amide bonds. The molecule has 1 aliphatic heterocycles. The maximum absolute atomic E-state index is 13.2. The minimum atomic E-state index is -0.190. The average Bonchev–Trinajstić information content (AvgIpc) is 3.06. The van der Waals surface area contributed by atoms with Crippen LogP contribution in [-0.4, -0.2) is 77.0 Å². The van der Waals surface area contributed by atoms with Crippen molar-refractivity contribution in [3.8, 4) is 0 Å². The molecule has 29 heavy (non-hydrogen) atoms. The van der Waals surface area contributed by atoms with E-state index in [2.05, 4.69) is 15.3 Å². The van der Waals surface area contributed by atoms with Gasteiger partial charge in [0, 0.05) is 56.9 Å². The van der Waals surface area contributed by atoms with Crippen molar-refractivity contribution in [1.29, 1.82) is 0 Å². The van der Waals surface area contributed by atoms with Gasteiger partial charge in [-0.15, -0.1) is 11.3 Å². The van der Waals surface area contributed by atoms with Crippen LogP contribution in [0.4, 0.5) is 0 Å². The van der Waals surface area contributed by atoms with Crippen LogP contribution in [0.15, 0.2) is 22.4 Å². The Kier molecular flexibility index (Phi) is 6.87. The predicted molar refractivity (Wildman–Crippen MR) is 117 cm³/mol. The van der Waals surface area contributed by atoms with Gasteiger partial charge in [0.05, 0.1) is 10.7 Å². The number of hydrogen-bond acceptors (Lipinski definition) is 6. The predicted octanol–water partition coefficient (Wildman–Crippen LogP) is 2.00. The standard InChI is InChI=1S/C21H31N5O2S/c1-15-6-7-26(16(2)12-23(4)5)21(28)19(15)20(27)25-10-8-24(9-11-25)13-18-14-29-17(3)22-18/h6-7,14,16H,8-13H2,1-5H3. The Morgan fingerprint density at radius 1 is 1.24 bits per heavy atom. The van der Waals surface area contributed by atoms with Gasteiger partial charge in [-0.1, -0.05) is 0 Å². The second-order valence-corrected chi connectivity index (χ2v) is 9.19. The molecule has 1 saturated heterocycles. The summed E-state index contributed by atoms with van der Waals surface area (Å²) in [5.74, 6) is -0.150. The minimum Gasteiger partial charge on any atom is -0.336 e. The summed E-state index contributed by atoms with van der Waals surface area (Å²) < 4.78 is 1.68. The lowest BCUT2D eigenvalue weighted by molar-refractivity contribution is 0.0624. The van der Waals surface area contributed by atoms with E-state index in [9.17, 15) is 9.59 Å². The molecule has 0 bridgehead atoms. The quantitative estimate of drug-likeness (QED) is 0.720. The van der Waals surface area contributed by atoms with E-state index < -0.39 is 0 Å². The summed E-state index contributed by atoms with van der Waals surface area (Å²) in [6.07, 6.45) is 1.80. The number of thiazole rings is 1. The lowest BCUT2D eigenvalue weighted by atomic mass is 10.1. The monoisotopic (exact) mass is 417 g/mol. The summed E-state index contributed by atoms with van der Waals surface area (Å²) in [5.41, 5.74) is 1.95. The van der Waals surface area contributed by atoms with E-state index in [1.807, 2.05) is 50.7 Å². The first-order valence-electron chi connectivity index (χ1n) is 10.1. The van der Waals surface area contributed by atoms with E-state index in [0.29, 0.717) is 18.7 Å². The molecule has 0 aliphatic carbocycles. The summed E-state index contributed by atoms with van der Waals surface area (Å²) >= 11 is 1.66. The first-order valence-corrected chi connectivity index (χ1v) is 10.9. The Morgan fingerprint density at radius 2 is 1.93 bits per heavy atom. The number of carbonyl (C=O) groups excluding carboxylic acids is 1. The highest BCUT2D eigenvalue weighted by Crippen LogP contribution is 2.15. The highest BCUT2D eigenvalue weighted by Gasteiger charge is 2.26. The molecule has 0 radical (unpaired) electrons. The van der Waals surface area contributed by atoms with Crippen molar-refractivity contribution >= 4 is 17.2 Å². The van der Waals surface area contributed by atoms with Gasteiger partial charge in [0.25, 0.3) is 11.5 Å². The van der Waals surface area contributed by atoms with E-state index in [-0.39, 0.29) is 17.5 Å². The van der Waals surface area contributed by atoms with Gasteiger partial charge < -0.3 is 14.4 Å². The summed E-state index contributed by atoms with van der Waals surface area (Å²) in [7, 11) is 3.96. The summed E-state index contributed by atoms with van der Waals surface area (Å²) in [5, 5.41) is 3.17. The van der Waals surface area contributed by atoms with Crippen LogP contribution in [-0.2, 0) is 6.54 Å². The normalized spacial score (nSPS) is 16.4. The third-order valence-electron chi connectivity index (χ3n) is 5.36. The smallest absolute Gasteiger partial charge is 0.263 e. The van der Waals surface area contributed by atoms with Crippen LogP contribution in [0, 0.1) is 13.8 Å². The first-order chi connectivity index (χ1) is 13.8. The average molecular weight is 418 g/mol. The number of aromatic nitrogens is 2. The molecule has 1 unspecified atom stereocenters. The molecule has 3 rings (SSSR count). The van der Waals surface area contributed by atoms with Crippen LogP contribution in [0.25, 0.3) is 0 Å². The Morgan fingerprint density at radius 3 is 2.52 bits per heavy atom. The second kappa shape index (κ2) is 9.19. The highest BCUT2D eigenvalue weighted by molar-refractivity contribution is 7.09. The van der Waals surface area contributed by atoms with Crippen molar-refractivity contribution in [3.63, 3.8) is 0 Å². The number of amides is 1. The molecule has 0 N–H and O–H groups in total. The van der Waals surface area contributed by atoms with Crippen molar-refractivity contribution in [2.24, 2.45) is 0 Å². The van der Waals surface area contributed by atoms with Crippen molar-refractivity contribution in [1.82, 2.24) is 24.3 Å². The van der Waals surface area contributed by atoms with Crippen molar-refractivity contribution in [3.05, 3.63) is 49.8 Å². The number of carbonyl (C=O) groups is 1. The molecule has 2 aromatic heterocycles. The van der Waals surface area contributed by atoms with Crippen LogP contribution in [0.5, 0.6) is 0 Å². The topological polar surface area (TPSA) is 61.7 Å². The highest BCUT2D eigenvalue weighted by atomic mass is 32.1. The number of hydrogen-bond donors (Lipinski definition) is 0. The van der Waals surface area contributed by atoms with Crippen molar-refractivity contribution in [2.45, 2.75) is 33.4 Å². The third kappa shape index (κ3) is 5.12. The molecule has 1 aliphatic rings. The van der Waals surface area contributed by atoms with Gasteiger partial charge in [0.1, 0.15) is 5.56 Å². The van der Waals surface area contributed by atoms with E-state index in [1.165, 1.54) is 0 Å². The fourth-order valence-electron chi connectivity index (χ4n) is 3.84. The van der Waals surface area contributed by atoms with Crippen molar-refractivity contribution in [2.75, 3.05) is 46.8 Å². The van der Waals surface area contributed by atoms with Gasteiger partial charge in [-0.05, 0) is 46.5 Å². The molecule has 0 saturated carbocycles. The first kappa shape index (κ1) is 21.7. The van der Waals surface area contributed by atoms with Gasteiger partial charge in [-0.2, -0.15) is 0 Å². The largest absolute Gasteiger partial charge is 0.336 e. The fraction of sp³-hybridized carbons (Fsp3) is 0.571. The molecule has 158 valence electrons. The summed E-state index contributed by atoms with van der Waals surface area (Å²) in [6, 6.07) is 1.88. The molecular weight excluding hydrogens is 386 g/mol. The molecule has 1 fully saturated rings. The summed E-state index contributed by atoms with van der Waals surface area (Å²) in [6.45, 7) is 10.3. The number of aryl methyl sites for hydroxylation is 2. The van der Waals surface area contributed by atoms with Gasteiger partial charge in [0.15, 0.2) is 0 Å². The molecule has 8 heteroatoms. The Balaban J connectivity index is 1.70. The SMILES string of the molecule is Cc1nc(CN2CCN(C(=O)c3c(C)ccn(C(C)CN(C)C)c3=O)CC2)cs1.